The first-order valence-corrected chi connectivity index (χ1v) is 6.54. The van der Waals surface area contributed by atoms with Crippen LogP contribution in [0, 0.1) is 6.92 Å². The summed E-state index contributed by atoms with van der Waals surface area (Å²) in [5.74, 6) is -0.498. The number of primary amides is 1. The second-order valence-electron chi connectivity index (χ2n) is 4.38. The van der Waals surface area contributed by atoms with E-state index in [4.69, 9.17) is 17.3 Å². The van der Waals surface area contributed by atoms with E-state index in [0.717, 1.165) is 29.9 Å². The number of rotatable bonds is 4. The Morgan fingerprint density at radius 3 is 2.79 bits per heavy atom. The Hall–Kier alpha value is -1.81. The molecule has 2 aromatic rings. The molecule has 2 N–H and O–H groups in total. The molecule has 0 unspecified atom stereocenters. The van der Waals surface area contributed by atoms with Crippen molar-refractivity contribution in [1.82, 2.24) is 9.55 Å². The molecule has 0 aromatic carbocycles. The van der Waals surface area contributed by atoms with Gasteiger partial charge in [0.05, 0.1) is 16.3 Å². The van der Waals surface area contributed by atoms with Gasteiger partial charge in [0.15, 0.2) is 0 Å². The number of hydrogen-bond donors (Lipinski definition) is 1. The third kappa shape index (κ3) is 2.36. The Bertz CT molecular complexity index is 605. The second kappa shape index (κ2) is 5.45. The van der Waals surface area contributed by atoms with Crippen LogP contribution >= 0.6 is 11.6 Å². The first-order valence-electron chi connectivity index (χ1n) is 6.16. The van der Waals surface area contributed by atoms with Gasteiger partial charge in [-0.25, -0.2) is 0 Å². The molecule has 2 rings (SSSR count). The van der Waals surface area contributed by atoms with Gasteiger partial charge in [0, 0.05) is 30.2 Å². The molecule has 0 saturated carbocycles. The lowest BCUT2D eigenvalue weighted by atomic mass is 10.2. The highest BCUT2D eigenvalue weighted by atomic mass is 35.5. The van der Waals surface area contributed by atoms with E-state index >= 15 is 0 Å². The number of nitrogens with two attached hydrogens (primary N) is 1. The van der Waals surface area contributed by atoms with Gasteiger partial charge in [0.1, 0.15) is 0 Å². The standard InChI is InChI=1S/C14H16ClN3O/c1-3-7-18-9(2)11(14(16)19)12(15)13(18)10-5-4-6-17-8-10/h4-6,8H,3,7H2,1-2H3,(H2,16,19). The Labute approximate surface area is 117 Å². The predicted molar refractivity (Wildman–Crippen MR) is 76.2 cm³/mol. The molecule has 19 heavy (non-hydrogen) atoms. The van der Waals surface area contributed by atoms with Gasteiger partial charge in [-0.2, -0.15) is 0 Å². The average Bonchev–Trinajstić information content (AvgIpc) is 2.63. The summed E-state index contributed by atoms with van der Waals surface area (Å²) >= 11 is 6.35. The SMILES string of the molecule is CCCn1c(C)c(C(N)=O)c(Cl)c1-c1cccnc1. The van der Waals surface area contributed by atoms with Crippen LogP contribution in [0.5, 0.6) is 0 Å². The van der Waals surface area contributed by atoms with Gasteiger partial charge in [0.2, 0.25) is 0 Å². The highest BCUT2D eigenvalue weighted by molar-refractivity contribution is 6.36. The molecule has 0 aliphatic heterocycles. The van der Waals surface area contributed by atoms with Gasteiger partial charge in [0.25, 0.3) is 5.91 Å². The van der Waals surface area contributed by atoms with E-state index in [2.05, 4.69) is 11.9 Å². The summed E-state index contributed by atoms with van der Waals surface area (Å²) in [5.41, 5.74) is 8.31. The Kier molecular flexibility index (Phi) is 3.90. The third-order valence-corrected chi connectivity index (χ3v) is 3.46. The second-order valence-corrected chi connectivity index (χ2v) is 4.76. The molecule has 0 aliphatic carbocycles. The van der Waals surface area contributed by atoms with E-state index in [0.29, 0.717) is 10.6 Å². The van der Waals surface area contributed by atoms with Crippen LogP contribution in [-0.4, -0.2) is 15.5 Å². The van der Waals surface area contributed by atoms with Gasteiger partial charge < -0.3 is 10.3 Å². The van der Waals surface area contributed by atoms with Crippen molar-refractivity contribution < 1.29 is 4.79 Å². The molecule has 2 heterocycles. The lowest BCUT2D eigenvalue weighted by Gasteiger charge is -2.10. The van der Waals surface area contributed by atoms with Crippen molar-refractivity contribution in [1.29, 1.82) is 0 Å². The first kappa shape index (κ1) is 13.6. The maximum atomic E-state index is 11.6. The topological polar surface area (TPSA) is 60.9 Å². The summed E-state index contributed by atoms with van der Waals surface area (Å²) in [6.07, 6.45) is 4.38. The monoisotopic (exact) mass is 277 g/mol. The van der Waals surface area contributed by atoms with Crippen LogP contribution in [0.4, 0.5) is 0 Å². The minimum atomic E-state index is -0.498. The lowest BCUT2D eigenvalue weighted by Crippen LogP contribution is -2.13. The van der Waals surface area contributed by atoms with Crippen molar-refractivity contribution in [3.05, 3.63) is 40.8 Å². The highest BCUT2D eigenvalue weighted by Crippen LogP contribution is 2.35. The van der Waals surface area contributed by atoms with Crippen LogP contribution in [0.15, 0.2) is 24.5 Å². The van der Waals surface area contributed by atoms with Crippen molar-refractivity contribution in [2.24, 2.45) is 5.73 Å². The van der Waals surface area contributed by atoms with Crippen LogP contribution in [0.3, 0.4) is 0 Å². The number of nitrogens with zero attached hydrogens (tertiary/aromatic N) is 2. The van der Waals surface area contributed by atoms with E-state index in [1.165, 1.54) is 0 Å². The zero-order valence-electron chi connectivity index (χ0n) is 11.0. The number of hydrogen-bond acceptors (Lipinski definition) is 2. The molecular formula is C14H16ClN3O. The van der Waals surface area contributed by atoms with Crippen LogP contribution in [0.1, 0.15) is 29.4 Å². The molecular weight excluding hydrogens is 262 g/mol. The quantitative estimate of drug-likeness (QED) is 0.934. The van der Waals surface area contributed by atoms with Crippen LogP contribution in [0.2, 0.25) is 5.02 Å². The molecule has 0 aliphatic rings. The van der Waals surface area contributed by atoms with E-state index in [9.17, 15) is 4.79 Å². The summed E-state index contributed by atoms with van der Waals surface area (Å²) in [7, 11) is 0. The third-order valence-electron chi connectivity index (χ3n) is 3.09. The summed E-state index contributed by atoms with van der Waals surface area (Å²) in [5, 5.41) is 0.409. The number of aromatic nitrogens is 2. The Balaban J connectivity index is 2.72. The number of carbonyl (C=O) groups is 1. The van der Waals surface area contributed by atoms with Gasteiger partial charge in [-0.15, -0.1) is 0 Å². The van der Waals surface area contributed by atoms with E-state index in [-0.39, 0.29) is 0 Å². The number of amides is 1. The fraction of sp³-hybridized carbons (Fsp3) is 0.286. The van der Waals surface area contributed by atoms with Crippen LogP contribution in [0.25, 0.3) is 11.3 Å². The van der Waals surface area contributed by atoms with E-state index < -0.39 is 5.91 Å². The number of carbonyl (C=O) groups excluding carboxylic acids is 1. The van der Waals surface area contributed by atoms with Crippen molar-refractivity contribution in [2.45, 2.75) is 26.8 Å². The molecule has 0 spiro atoms. The minimum absolute atomic E-state index is 0.397. The molecule has 100 valence electrons. The fourth-order valence-electron chi connectivity index (χ4n) is 2.27. The maximum absolute atomic E-state index is 11.6. The van der Waals surface area contributed by atoms with Gasteiger partial charge >= 0.3 is 0 Å². The summed E-state index contributed by atoms with van der Waals surface area (Å²) in [6.45, 7) is 4.72. The molecule has 4 nitrogen and oxygen atoms in total. The fourth-order valence-corrected chi connectivity index (χ4v) is 2.71. The molecule has 0 atom stereocenters. The zero-order chi connectivity index (χ0) is 14.0. The van der Waals surface area contributed by atoms with Crippen molar-refractivity contribution in [3.63, 3.8) is 0 Å². The van der Waals surface area contributed by atoms with E-state index in [1.54, 1.807) is 12.4 Å². The van der Waals surface area contributed by atoms with Crippen molar-refractivity contribution in [2.75, 3.05) is 0 Å². The summed E-state index contributed by atoms with van der Waals surface area (Å²) in [6, 6.07) is 3.76. The molecule has 0 fully saturated rings. The van der Waals surface area contributed by atoms with Gasteiger partial charge in [-0.05, 0) is 25.5 Å². The van der Waals surface area contributed by atoms with Crippen molar-refractivity contribution >= 4 is 17.5 Å². The van der Waals surface area contributed by atoms with Crippen LogP contribution < -0.4 is 5.73 Å². The Morgan fingerprint density at radius 2 is 2.26 bits per heavy atom. The number of halogens is 1. The molecule has 0 radical (unpaired) electrons. The minimum Gasteiger partial charge on any atom is -0.365 e. The first-order chi connectivity index (χ1) is 9.07. The smallest absolute Gasteiger partial charge is 0.252 e. The van der Waals surface area contributed by atoms with Crippen LogP contribution in [-0.2, 0) is 6.54 Å². The van der Waals surface area contributed by atoms with Gasteiger partial charge in [-0.1, -0.05) is 18.5 Å². The molecule has 0 saturated heterocycles. The lowest BCUT2D eigenvalue weighted by molar-refractivity contribution is 0.0999. The Morgan fingerprint density at radius 1 is 1.53 bits per heavy atom. The predicted octanol–water partition coefficient (Wildman–Crippen LogP) is 3.02. The summed E-state index contributed by atoms with van der Waals surface area (Å²) in [4.78, 5) is 15.7. The normalized spacial score (nSPS) is 10.7. The number of pyridine rings is 1. The van der Waals surface area contributed by atoms with Gasteiger partial charge in [-0.3, -0.25) is 9.78 Å². The molecule has 5 heteroatoms. The molecule has 2 aromatic heterocycles. The maximum Gasteiger partial charge on any atom is 0.252 e. The molecule has 0 bridgehead atoms. The highest BCUT2D eigenvalue weighted by Gasteiger charge is 2.23. The van der Waals surface area contributed by atoms with E-state index in [1.807, 2.05) is 23.6 Å². The summed E-state index contributed by atoms with van der Waals surface area (Å²) < 4.78 is 2.03. The average molecular weight is 278 g/mol. The largest absolute Gasteiger partial charge is 0.365 e. The van der Waals surface area contributed by atoms with Crippen molar-refractivity contribution in [3.8, 4) is 11.3 Å². The zero-order valence-corrected chi connectivity index (χ0v) is 11.7. The molecule has 1 amide bonds.